The molecular weight excluding hydrogens is 218 g/mol. The van der Waals surface area contributed by atoms with Crippen LogP contribution in [-0.4, -0.2) is 20.1 Å². The second-order valence-electron chi connectivity index (χ2n) is 2.80. The van der Waals surface area contributed by atoms with E-state index in [-0.39, 0.29) is 5.56 Å². The summed E-state index contributed by atoms with van der Waals surface area (Å²) < 4.78 is 0. The van der Waals surface area contributed by atoms with Crippen LogP contribution in [0.15, 0.2) is 27.4 Å². The van der Waals surface area contributed by atoms with Gasteiger partial charge in [-0.25, -0.2) is 9.78 Å². The molecule has 0 spiro atoms. The van der Waals surface area contributed by atoms with Gasteiger partial charge in [0.15, 0.2) is 0 Å². The third-order valence-electron chi connectivity index (χ3n) is 1.83. The number of nitrogens with zero attached hydrogens (tertiary/aromatic N) is 1. The van der Waals surface area contributed by atoms with Crippen molar-refractivity contribution < 1.29 is 5.11 Å². The number of H-pyrrole nitrogens is 2. The first kappa shape index (κ1) is 9.81. The SMILES string of the molecule is O=c1[nH]cc(C(O)c2nccs2)c(=O)[nH]1. The van der Waals surface area contributed by atoms with Crippen LogP contribution in [0.1, 0.15) is 16.7 Å². The summed E-state index contributed by atoms with van der Waals surface area (Å²) in [5, 5.41) is 11.9. The minimum atomic E-state index is -1.11. The van der Waals surface area contributed by atoms with Gasteiger partial charge in [0.1, 0.15) is 11.1 Å². The molecule has 2 heterocycles. The van der Waals surface area contributed by atoms with Crippen molar-refractivity contribution in [1.82, 2.24) is 15.0 Å². The van der Waals surface area contributed by atoms with Crippen LogP contribution in [-0.2, 0) is 0 Å². The van der Waals surface area contributed by atoms with E-state index in [2.05, 4.69) is 9.97 Å². The lowest BCUT2D eigenvalue weighted by Gasteiger charge is -2.04. The molecule has 0 amide bonds. The van der Waals surface area contributed by atoms with E-state index in [0.29, 0.717) is 5.01 Å². The minimum Gasteiger partial charge on any atom is -0.381 e. The number of aliphatic hydroxyl groups is 1. The standard InChI is InChI=1S/C8H7N3O3S/c12-5(7-9-1-2-15-7)4-3-10-8(14)11-6(4)13/h1-3,5,12H,(H2,10,11,13,14). The zero-order chi connectivity index (χ0) is 10.8. The van der Waals surface area contributed by atoms with Gasteiger partial charge in [0.05, 0.1) is 5.56 Å². The molecule has 0 saturated heterocycles. The summed E-state index contributed by atoms with van der Waals surface area (Å²) in [6.07, 6.45) is 1.61. The van der Waals surface area contributed by atoms with Crippen molar-refractivity contribution in [2.75, 3.05) is 0 Å². The van der Waals surface area contributed by atoms with E-state index in [1.807, 2.05) is 4.98 Å². The quantitative estimate of drug-likeness (QED) is 0.647. The molecule has 0 saturated carbocycles. The highest BCUT2D eigenvalue weighted by Gasteiger charge is 2.16. The Hall–Kier alpha value is -1.73. The number of aromatic amines is 2. The molecule has 0 fully saturated rings. The lowest BCUT2D eigenvalue weighted by molar-refractivity contribution is 0.217. The Morgan fingerprint density at radius 3 is 2.87 bits per heavy atom. The zero-order valence-corrected chi connectivity index (χ0v) is 8.25. The monoisotopic (exact) mass is 225 g/mol. The Morgan fingerprint density at radius 2 is 2.27 bits per heavy atom. The van der Waals surface area contributed by atoms with Gasteiger partial charge in [0.25, 0.3) is 5.56 Å². The molecule has 2 rings (SSSR count). The van der Waals surface area contributed by atoms with Crippen molar-refractivity contribution >= 4 is 11.3 Å². The van der Waals surface area contributed by atoms with Gasteiger partial charge in [-0.3, -0.25) is 9.78 Å². The Balaban J connectivity index is 2.47. The van der Waals surface area contributed by atoms with Crippen molar-refractivity contribution in [3.63, 3.8) is 0 Å². The first-order valence-electron chi connectivity index (χ1n) is 4.08. The topological polar surface area (TPSA) is 98.8 Å². The Labute approximate surface area is 87.3 Å². The van der Waals surface area contributed by atoms with Crippen molar-refractivity contribution in [3.05, 3.63) is 49.2 Å². The van der Waals surface area contributed by atoms with Crippen LogP contribution in [0.3, 0.4) is 0 Å². The fraction of sp³-hybridized carbons (Fsp3) is 0.125. The predicted molar refractivity (Wildman–Crippen MR) is 53.9 cm³/mol. The molecule has 1 atom stereocenters. The van der Waals surface area contributed by atoms with Crippen LogP contribution in [0.2, 0.25) is 0 Å². The van der Waals surface area contributed by atoms with Gasteiger partial charge in [-0.15, -0.1) is 11.3 Å². The minimum absolute atomic E-state index is 0.0737. The molecule has 1 unspecified atom stereocenters. The summed E-state index contributed by atoms with van der Waals surface area (Å²) in [4.78, 5) is 30.3. The summed E-state index contributed by atoms with van der Waals surface area (Å²) in [6, 6.07) is 0. The van der Waals surface area contributed by atoms with Crippen LogP contribution in [0.5, 0.6) is 0 Å². The molecule has 0 aliphatic heterocycles. The van der Waals surface area contributed by atoms with E-state index >= 15 is 0 Å². The number of aliphatic hydroxyl groups excluding tert-OH is 1. The molecule has 78 valence electrons. The molecule has 2 aromatic heterocycles. The summed E-state index contributed by atoms with van der Waals surface area (Å²) in [5.41, 5.74) is -1.14. The van der Waals surface area contributed by atoms with E-state index in [9.17, 15) is 14.7 Å². The van der Waals surface area contributed by atoms with E-state index < -0.39 is 17.4 Å². The number of hydrogen-bond acceptors (Lipinski definition) is 5. The van der Waals surface area contributed by atoms with Crippen molar-refractivity contribution in [3.8, 4) is 0 Å². The van der Waals surface area contributed by atoms with E-state index in [4.69, 9.17) is 0 Å². The molecule has 0 aliphatic carbocycles. The number of hydrogen-bond donors (Lipinski definition) is 3. The van der Waals surface area contributed by atoms with Crippen LogP contribution in [0.4, 0.5) is 0 Å². The van der Waals surface area contributed by atoms with Crippen LogP contribution < -0.4 is 11.2 Å². The Kier molecular flexibility index (Phi) is 2.48. The number of thiazole rings is 1. The van der Waals surface area contributed by atoms with E-state index in [1.54, 1.807) is 5.38 Å². The third-order valence-corrected chi connectivity index (χ3v) is 2.66. The zero-order valence-electron chi connectivity index (χ0n) is 7.43. The molecule has 0 aliphatic rings. The molecule has 3 N–H and O–H groups in total. The summed E-state index contributed by atoms with van der Waals surface area (Å²) in [5.74, 6) is 0. The lowest BCUT2D eigenvalue weighted by atomic mass is 10.2. The average molecular weight is 225 g/mol. The van der Waals surface area contributed by atoms with E-state index in [0.717, 1.165) is 0 Å². The first-order chi connectivity index (χ1) is 7.18. The van der Waals surface area contributed by atoms with Gasteiger partial charge in [-0.1, -0.05) is 0 Å². The van der Waals surface area contributed by atoms with Gasteiger partial charge in [0, 0.05) is 17.8 Å². The van der Waals surface area contributed by atoms with Gasteiger partial charge >= 0.3 is 5.69 Å². The highest BCUT2D eigenvalue weighted by molar-refractivity contribution is 7.09. The second kappa shape index (κ2) is 3.79. The Morgan fingerprint density at radius 1 is 1.47 bits per heavy atom. The number of aromatic nitrogens is 3. The molecule has 0 bridgehead atoms. The highest BCUT2D eigenvalue weighted by atomic mass is 32.1. The summed E-state index contributed by atoms with van der Waals surface area (Å²) in [7, 11) is 0. The normalized spacial score (nSPS) is 12.6. The van der Waals surface area contributed by atoms with Gasteiger partial charge in [-0.05, 0) is 0 Å². The lowest BCUT2D eigenvalue weighted by Crippen LogP contribution is -2.26. The maximum absolute atomic E-state index is 11.3. The highest BCUT2D eigenvalue weighted by Crippen LogP contribution is 2.19. The molecule has 6 nitrogen and oxygen atoms in total. The fourth-order valence-electron chi connectivity index (χ4n) is 1.13. The molecule has 0 radical (unpaired) electrons. The molecule has 0 aromatic carbocycles. The molecule has 2 aromatic rings. The van der Waals surface area contributed by atoms with Crippen molar-refractivity contribution in [2.24, 2.45) is 0 Å². The Bertz CT molecular complexity index is 557. The molecular formula is C8H7N3O3S. The van der Waals surface area contributed by atoms with Gasteiger partial charge in [-0.2, -0.15) is 0 Å². The van der Waals surface area contributed by atoms with Crippen LogP contribution in [0, 0.1) is 0 Å². The average Bonchev–Trinajstić information content (AvgIpc) is 2.69. The fourth-order valence-corrected chi connectivity index (χ4v) is 1.76. The van der Waals surface area contributed by atoms with E-state index in [1.165, 1.54) is 23.7 Å². The molecule has 7 heteroatoms. The van der Waals surface area contributed by atoms with Gasteiger partial charge in [0.2, 0.25) is 0 Å². The maximum atomic E-state index is 11.3. The molecule has 15 heavy (non-hydrogen) atoms. The van der Waals surface area contributed by atoms with Crippen LogP contribution >= 0.6 is 11.3 Å². The third kappa shape index (κ3) is 1.88. The smallest absolute Gasteiger partial charge is 0.325 e. The predicted octanol–water partition coefficient (Wildman–Crippen LogP) is -0.399. The summed E-state index contributed by atoms with van der Waals surface area (Å²) in [6.45, 7) is 0. The second-order valence-corrected chi connectivity index (χ2v) is 3.73. The van der Waals surface area contributed by atoms with Crippen LogP contribution in [0.25, 0.3) is 0 Å². The van der Waals surface area contributed by atoms with Crippen molar-refractivity contribution in [1.29, 1.82) is 0 Å². The van der Waals surface area contributed by atoms with Crippen molar-refractivity contribution in [2.45, 2.75) is 6.10 Å². The maximum Gasteiger partial charge on any atom is 0.325 e. The van der Waals surface area contributed by atoms with Gasteiger partial charge < -0.3 is 10.1 Å². The largest absolute Gasteiger partial charge is 0.381 e. The summed E-state index contributed by atoms with van der Waals surface area (Å²) >= 11 is 1.23. The number of nitrogens with one attached hydrogen (secondary N) is 2. The number of rotatable bonds is 2. The first-order valence-corrected chi connectivity index (χ1v) is 4.96.